The molecule has 0 unspecified atom stereocenters. The van der Waals surface area contributed by atoms with Gasteiger partial charge >= 0.3 is 0 Å². The average Bonchev–Trinajstić information content (AvgIpc) is 2.47. The quantitative estimate of drug-likeness (QED) is 0.467. The van der Waals surface area contributed by atoms with Gasteiger partial charge < -0.3 is 5.73 Å². The number of nitrogens with zero attached hydrogens (tertiary/aromatic N) is 1. The minimum atomic E-state index is 0.372. The van der Waals surface area contributed by atoms with Crippen LogP contribution in [0.25, 0.3) is 0 Å². The summed E-state index contributed by atoms with van der Waals surface area (Å²) < 4.78 is 0. The average molecular weight is 264 g/mol. The highest BCUT2D eigenvalue weighted by Crippen LogP contribution is 2.10. The van der Waals surface area contributed by atoms with Crippen LogP contribution >= 0.6 is 0 Å². The van der Waals surface area contributed by atoms with E-state index in [-0.39, 0.29) is 0 Å². The molecule has 98 valence electrons. The van der Waals surface area contributed by atoms with Crippen molar-refractivity contribution in [1.82, 2.24) is 4.98 Å². The fraction of sp³-hybridized carbons (Fsp3) is 0.0625. The van der Waals surface area contributed by atoms with E-state index < -0.39 is 0 Å². The second kappa shape index (κ2) is 5.81. The van der Waals surface area contributed by atoms with Gasteiger partial charge in [-0.25, -0.2) is 4.98 Å². The minimum Gasteiger partial charge on any atom is -0.383 e. The van der Waals surface area contributed by atoms with Crippen molar-refractivity contribution in [3.63, 3.8) is 0 Å². The van der Waals surface area contributed by atoms with E-state index in [4.69, 9.17) is 11.1 Å². The number of aryl methyl sites for hydroxylation is 1. The number of benzene rings is 1. The molecule has 0 fully saturated rings. The summed E-state index contributed by atoms with van der Waals surface area (Å²) in [5.74, 6) is 6.40. The van der Waals surface area contributed by atoms with Gasteiger partial charge in [0.1, 0.15) is 12.1 Å². The lowest BCUT2D eigenvalue weighted by atomic mass is 10.1. The number of carbonyl (C=O) groups is 1. The van der Waals surface area contributed by atoms with E-state index in [0.29, 0.717) is 22.5 Å². The number of carbonyl (C=O) groups excluding carboxylic acids is 1. The first kappa shape index (κ1) is 13.5. The molecule has 4 nitrogen and oxygen atoms in total. The van der Waals surface area contributed by atoms with Gasteiger partial charge in [0.2, 0.25) is 0 Å². The molecule has 0 amide bonds. The third-order valence-corrected chi connectivity index (χ3v) is 2.87. The molecule has 0 aliphatic heterocycles. The van der Waals surface area contributed by atoms with E-state index in [0.717, 1.165) is 17.4 Å². The Morgan fingerprint density at radius 2 is 2.10 bits per heavy atom. The predicted octanol–water partition coefficient (Wildman–Crippen LogP) is 0.363. The van der Waals surface area contributed by atoms with Crippen molar-refractivity contribution in [2.24, 2.45) is 0 Å². The van der Waals surface area contributed by atoms with Crippen molar-refractivity contribution < 1.29 is 10.2 Å². The fourth-order valence-electron chi connectivity index (χ4n) is 1.68. The number of aldehydes is 1. The van der Waals surface area contributed by atoms with Crippen LogP contribution in [0.4, 0.5) is 5.82 Å². The topological polar surface area (TPSA) is 81.6 Å². The SMILES string of the molecule is Cc1ccc(C=O)cc1C#Cc1cnc(N)c(C=[NH2+])c1. The van der Waals surface area contributed by atoms with E-state index in [9.17, 15) is 4.79 Å². The summed E-state index contributed by atoms with van der Waals surface area (Å²) >= 11 is 0. The van der Waals surface area contributed by atoms with Gasteiger partial charge in [-0.3, -0.25) is 10.2 Å². The van der Waals surface area contributed by atoms with Crippen LogP contribution in [0.2, 0.25) is 0 Å². The Bertz CT molecular complexity index is 739. The number of rotatable bonds is 2. The summed E-state index contributed by atoms with van der Waals surface area (Å²) in [7, 11) is 0. The summed E-state index contributed by atoms with van der Waals surface area (Å²) in [4.78, 5) is 14.8. The van der Waals surface area contributed by atoms with Crippen LogP contribution in [-0.4, -0.2) is 17.5 Å². The van der Waals surface area contributed by atoms with Crippen LogP contribution in [0.5, 0.6) is 0 Å². The van der Waals surface area contributed by atoms with Gasteiger partial charge in [0.15, 0.2) is 6.21 Å². The molecule has 0 saturated carbocycles. The molecule has 0 saturated heterocycles. The van der Waals surface area contributed by atoms with Crippen LogP contribution in [-0.2, 0) is 0 Å². The van der Waals surface area contributed by atoms with E-state index in [1.54, 1.807) is 24.4 Å². The van der Waals surface area contributed by atoms with Crippen molar-refractivity contribution >= 4 is 18.3 Å². The second-order valence-electron chi connectivity index (χ2n) is 4.31. The Kier molecular flexibility index (Phi) is 3.92. The van der Waals surface area contributed by atoms with E-state index in [1.165, 1.54) is 6.21 Å². The van der Waals surface area contributed by atoms with E-state index in [2.05, 4.69) is 16.8 Å². The Balaban J connectivity index is 2.40. The van der Waals surface area contributed by atoms with Crippen molar-refractivity contribution in [1.29, 1.82) is 0 Å². The zero-order chi connectivity index (χ0) is 14.5. The summed E-state index contributed by atoms with van der Waals surface area (Å²) in [5.41, 5.74) is 9.45. The summed E-state index contributed by atoms with van der Waals surface area (Å²) in [6.07, 6.45) is 3.79. The maximum atomic E-state index is 10.8. The molecule has 4 heteroatoms. The molecular formula is C16H14N3O+. The molecule has 0 atom stereocenters. The van der Waals surface area contributed by atoms with Crippen molar-refractivity contribution in [2.75, 3.05) is 5.73 Å². The molecule has 1 heterocycles. The molecule has 4 N–H and O–H groups in total. The van der Waals surface area contributed by atoms with Crippen molar-refractivity contribution in [2.45, 2.75) is 6.92 Å². The number of hydrogen-bond acceptors (Lipinski definition) is 3. The number of pyridine rings is 1. The molecule has 2 rings (SSSR count). The van der Waals surface area contributed by atoms with Gasteiger partial charge in [-0.2, -0.15) is 0 Å². The van der Waals surface area contributed by atoms with Crippen LogP contribution in [0.1, 0.15) is 32.6 Å². The molecule has 1 aromatic heterocycles. The fourth-order valence-corrected chi connectivity index (χ4v) is 1.68. The monoisotopic (exact) mass is 264 g/mol. The maximum Gasteiger partial charge on any atom is 0.171 e. The number of hydrogen-bond donors (Lipinski definition) is 2. The van der Waals surface area contributed by atoms with Gasteiger partial charge in [0.25, 0.3) is 0 Å². The van der Waals surface area contributed by atoms with Gasteiger partial charge in [-0.1, -0.05) is 24.0 Å². The molecule has 20 heavy (non-hydrogen) atoms. The standard InChI is InChI=1S/C16H13N3O/c1-11-2-3-13(10-20)7-14(11)5-4-12-6-15(8-17)16(18)19-9-12/h2-3,6-10,17H,1H3,(H2,18,19)/p+1. The molecule has 2 aromatic rings. The van der Waals surface area contributed by atoms with Gasteiger partial charge in [-0.05, 0) is 24.6 Å². The third kappa shape index (κ3) is 2.90. The predicted molar refractivity (Wildman–Crippen MR) is 78.3 cm³/mol. The highest BCUT2D eigenvalue weighted by molar-refractivity contribution is 5.82. The zero-order valence-corrected chi connectivity index (χ0v) is 11.1. The van der Waals surface area contributed by atoms with Gasteiger partial charge in [-0.15, -0.1) is 0 Å². The molecule has 0 radical (unpaired) electrons. The number of nitrogen functional groups attached to an aromatic ring is 1. The molecule has 0 spiro atoms. The largest absolute Gasteiger partial charge is 0.383 e. The smallest absolute Gasteiger partial charge is 0.171 e. The first-order valence-corrected chi connectivity index (χ1v) is 6.02. The molecule has 1 aromatic carbocycles. The van der Waals surface area contributed by atoms with Crippen LogP contribution in [0.3, 0.4) is 0 Å². The lowest BCUT2D eigenvalue weighted by Gasteiger charge is -1.99. The third-order valence-electron chi connectivity index (χ3n) is 2.87. The zero-order valence-electron chi connectivity index (χ0n) is 11.1. The van der Waals surface area contributed by atoms with Crippen LogP contribution in [0, 0.1) is 18.8 Å². The molecular weight excluding hydrogens is 250 g/mol. The summed E-state index contributed by atoms with van der Waals surface area (Å²) in [5, 5.41) is 5.46. The highest BCUT2D eigenvalue weighted by Gasteiger charge is 2.01. The lowest BCUT2D eigenvalue weighted by Crippen LogP contribution is -2.30. The second-order valence-corrected chi connectivity index (χ2v) is 4.31. The maximum absolute atomic E-state index is 10.8. The first-order valence-electron chi connectivity index (χ1n) is 6.02. The normalized spacial score (nSPS) is 9.45. The number of aromatic nitrogens is 1. The van der Waals surface area contributed by atoms with Crippen molar-refractivity contribution in [3.8, 4) is 11.8 Å². The van der Waals surface area contributed by atoms with Gasteiger partial charge in [0.05, 0.1) is 5.56 Å². The highest BCUT2D eigenvalue weighted by atomic mass is 16.1. The number of anilines is 1. The lowest BCUT2D eigenvalue weighted by molar-refractivity contribution is -0.104. The Morgan fingerprint density at radius 3 is 2.80 bits per heavy atom. The molecule has 0 aliphatic rings. The Hall–Kier alpha value is -2.93. The number of nitrogens with two attached hydrogens (primary N) is 2. The molecule has 0 bridgehead atoms. The Morgan fingerprint density at radius 1 is 1.30 bits per heavy atom. The van der Waals surface area contributed by atoms with Crippen LogP contribution in [0.15, 0.2) is 30.5 Å². The summed E-state index contributed by atoms with van der Waals surface area (Å²) in [6, 6.07) is 7.16. The Labute approximate surface area is 117 Å². The summed E-state index contributed by atoms with van der Waals surface area (Å²) in [6.45, 7) is 1.94. The van der Waals surface area contributed by atoms with Crippen molar-refractivity contribution in [3.05, 3.63) is 58.3 Å². The van der Waals surface area contributed by atoms with E-state index in [1.807, 2.05) is 13.0 Å². The molecule has 0 aliphatic carbocycles. The first-order chi connectivity index (χ1) is 9.63. The van der Waals surface area contributed by atoms with E-state index >= 15 is 0 Å². The minimum absolute atomic E-state index is 0.372. The van der Waals surface area contributed by atoms with Crippen LogP contribution < -0.4 is 11.1 Å². The van der Waals surface area contributed by atoms with Gasteiger partial charge in [0, 0.05) is 22.9 Å².